The number of nitriles is 1. The number of pyridine rings is 1. The molecule has 4 nitrogen and oxygen atoms in total. The van der Waals surface area contributed by atoms with E-state index in [0.29, 0.717) is 0 Å². The van der Waals surface area contributed by atoms with Crippen LogP contribution in [0.4, 0.5) is 13.2 Å². The fourth-order valence-corrected chi connectivity index (χ4v) is 1.51. The fraction of sp³-hybridized carbons (Fsp3) is 0.250. The van der Waals surface area contributed by atoms with Gasteiger partial charge in [0, 0.05) is 12.6 Å². The first kappa shape index (κ1) is 12.7. The molecule has 86 valence electrons. The summed E-state index contributed by atoms with van der Waals surface area (Å²) in [5, 5.41) is 8.72. The van der Waals surface area contributed by atoms with Crippen LogP contribution in [-0.4, -0.2) is 11.3 Å². The number of hydrogen-bond donors (Lipinski definition) is 1. The predicted molar refractivity (Wildman–Crippen MR) is 51.2 cm³/mol. The molecule has 0 aliphatic carbocycles. The Morgan fingerprint density at radius 2 is 2.19 bits per heavy atom. The molecular formula is C8H5BrF3N3O. The maximum Gasteiger partial charge on any atom is 0.574 e. The number of rotatable bonds is 2. The van der Waals surface area contributed by atoms with E-state index in [4.69, 9.17) is 11.0 Å². The fourth-order valence-electron chi connectivity index (χ4n) is 0.988. The Morgan fingerprint density at radius 1 is 1.56 bits per heavy atom. The molecule has 0 radical (unpaired) electrons. The summed E-state index contributed by atoms with van der Waals surface area (Å²) in [5.74, 6) is -0.654. The lowest BCUT2D eigenvalue weighted by Crippen LogP contribution is -2.18. The van der Waals surface area contributed by atoms with Gasteiger partial charge in [0.2, 0.25) is 5.88 Å². The van der Waals surface area contributed by atoms with E-state index in [9.17, 15) is 13.2 Å². The Hall–Kier alpha value is -1.33. The average Bonchev–Trinajstić information content (AvgIpc) is 2.14. The number of ether oxygens (including phenoxy) is 1. The molecule has 0 aromatic carbocycles. The zero-order valence-electron chi connectivity index (χ0n) is 7.68. The van der Waals surface area contributed by atoms with Crippen molar-refractivity contribution in [3.63, 3.8) is 0 Å². The molecule has 0 amide bonds. The topological polar surface area (TPSA) is 71.9 Å². The third-order valence-electron chi connectivity index (χ3n) is 1.59. The van der Waals surface area contributed by atoms with Gasteiger partial charge in [-0.15, -0.1) is 13.2 Å². The van der Waals surface area contributed by atoms with Crippen LogP contribution in [0, 0.1) is 11.3 Å². The summed E-state index contributed by atoms with van der Waals surface area (Å²) in [6.45, 7) is -0.0851. The van der Waals surface area contributed by atoms with E-state index in [2.05, 4.69) is 25.7 Å². The first-order valence-corrected chi connectivity index (χ1v) is 4.72. The van der Waals surface area contributed by atoms with Crippen LogP contribution in [0.25, 0.3) is 0 Å². The van der Waals surface area contributed by atoms with Gasteiger partial charge in [0.15, 0.2) is 0 Å². The third kappa shape index (κ3) is 3.08. The van der Waals surface area contributed by atoms with E-state index in [1.807, 2.05) is 0 Å². The van der Waals surface area contributed by atoms with Crippen LogP contribution in [0.1, 0.15) is 11.1 Å². The monoisotopic (exact) mass is 295 g/mol. The molecule has 0 spiro atoms. The molecule has 0 aliphatic heterocycles. The van der Waals surface area contributed by atoms with E-state index < -0.39 is 12.2 Å². The minimum atomic E-state index is -4.83. The number of nitrogens with zero attached hydrogens (tertiary/aromatic N) is 2. The van der Waals surface area contributed by atoms with Gasteiger partial charge >= 0.3 is 6.36 Å². The van der Waals surface area contributed by atoms with Crippen LogP contribution in [0.15, 0.2) is 10.7 Å². The quantitative estimate of drug-likeness (QED) is 0.848. The maximum absolute atomic E-state index is 11.9. The Kier molecular flexibility index (Phi) is 3.72. The Labute approximate surface area is 97.0 Å². The first-order valence-electron chi connectivity index (χ1n) is 3.92. The lowest BCUT2D eigenvalue weighted by molar-refractivity contribution is -0.276. The average molecular weight is 296 g/mol. The predicted octanol–water partition coefficient (Wildman–Crippen LogP) is 2.07. The van der Waals surface area contributed by atoms with E-state index in [0.717, 1.165) is 6.07 Å². The second kappa shape index (κ2) is 4.67. The molecule has 1 rings (SSSR count). The van der Waals surface area contributed by atoms with Gasteiger partial charge in [-0.2, -0.15) is 5.26 Å². The summed E-state index contributed by atoms with van der Waals surface area (Å²) in [4.78, 5) is 3.43. The van der Waals surface area contributed by atoms with E-state index in [-0.39, 0.29) is 22.3 Å². The van der Waals surface area contributed by atoms with Crippen molar-refractivity contribution in [3.8, 4) is 11.9 Å². The number of alkyl halides is 3. The van der Waals surface area contributed by atoms with Crippen molar-refractivity contribution in [2.75, 3.05) is 0 Å². The molecule has 0 saturated heterocycles. The number of hydrogen-bond acceptors (Lipinski definition) is 4. The smallest absolute Gasteiger partial charge is 0.388 e. The minimum Gasteiger partial charge on any atom is -0.388 e. The van der Waals surface area contributed by atoms with Crippen LogP contribution in [0.3, 0.4) is 0 Å². The Bertz CT molecular complexity index is 441. The van der Waals surface area contributed by atoms with Crippen molar-refractivity contribution < 1.29 is 17.9 Å². The van der Waals surface area contributed by atoms with Crippen LogP contribution in [0.2, 0.25) is 0 Å². The summed E-state index contributed by atoms with van der Waals surface area (Å²) in [6, 6.07) is 2.76. The molecule has 0 fully saturated rings. The largest absolute Gasteiger partial charge is 0.574 e. The highest BCUT2D eigenvalue weighted by atomic mass is 79.9. The van der Waals surface area contributed by atoms with Crippen molar-refractivity contribution in [1.82, 2.24) is 4.98 Å². The van der Waals surface area contributed by atoms with Gasteiger partial charge in [0.05, 0.1) is 5.56 Å². The van der Waals surface area contributed by atoms with E-state index >= 15 is 0 Å². The van der Waals surface area contributed by atoms with Gasteiger partial charge < -0.3 is 10.5 Å². The van der Waals surface area contributed by atoms with Gasteiger partial charge in [-0.3, -0.25) is 0 Å². The molecule has 0 saturated carbocycles. The molecular weight excluding hydrogens is 291 g/mol. The third-order valence-corrected chi connectivity index (χ3v) is 2.16. The zero-order valence-corrected chi connectivity index (χ0v) is 9.26. The number of aromatic nitrogens is 1. The molecule has 1 aromatic rings. The van der Waals surface area contributed by atoms with Crippen molar-refractivity contribution >= 4 is 15.9 Å². The standard InChI is InChI=1S/C8H5BrF3N3O/c9-7-5(3-14)4(2-13)1-6(15-7)16-8(10,11)12/h1H,2,13H2. The van der Waals surface area contributed by atoms with Gasteiger partial charge in [0.1, 0.15) is 10.7 Å². The van der Waals surface area contributed by atoms with Gasteiger partial charge in [-0.25, -0.2) is 4.98 Å². The van der Waals surface area contributed by atoms with Gasteiger partial charge in [-0.05, 0) is 21.5 Å². The number of nitrogens with two attached hydrogens (primary N) is 1. The second-order valence-electron chi connectivity index (χ2n) is 2.65. The summed E-state index contributed by atoms with van der Waals surface area (Å²) >= 11 is 2.87. The SMILES string of the molecule is N#Cc1c(CN)cc(OC(F)(F)F)nc1Br. The zero-order chi connectivity index (χ0) is 12.3. The van der Waals surface area contributed by atoms with Crippen molar-refractivity contribution in [1.29, 1.82) is 5.26 Å². The number of halogens is 4. The first-order chi connectivity index (χ1) is 7.37. The molecule has 0 atom stereocenters. The molecule has 0 bridgehead atoms. The van der Waals surface area contributed by atoms with Crippen LogP contribution in [-0.2, 0) is 6.54 Å². The molecule has 0 aliphatic rings. The van der Waals surface area contributed by atoms with E-state index in [1.165, 1.54) is 0 Å². The highest BCUT2D eigenvalue weighted by molar-refractivity contribution is 9.10. The maximum atomic E-state index is 11.9. The molecule has 2 N–H and O–H groups in total. The highest BCUT2D eigenvalue weighted by Gasteiger charge is 2.32. The molecule has 0 unspecified atom stereocenters. The normalized spacial score (nSPS) is 11.0. The van der Waals surface area contributed by atoms with Gasteiger partial charge in [-0.1, -0.05) is 0 Å². The van der Waals surface area contributed by atoms with Crippen LogP contribution < -0.4 is 10.5 Å². The lowest BCUT2D eigenvalue weighted by Gasteiger charge is -2.10. The van der Waals surface area contributed by atoms with E-state index in [1.54, 1.807) is 6.07 Å². The molecule has 1 heterocycles. The van der Waals surface area contributed by atoms with Crippen molar-refractivity contribution in [2.45, 2.75) is 12.9 Å². The highest BCUT2D eigenvalue weighted by Crippen LogP contribution is 2.26. The lowest BCUT2D eigenvalue weighted by atomic mass is 10.1. The molecule has 8 heteroatoms. The van der Waals surface area contributed by atoms with Crippen molar-refractivity contribution in [2.24, 2.45) is 5.73 Å². The summed E-state index contributed by atoms with van der Waals surface area (Å²) in [7, 11) is 0. The van der Waals surface area contributed by atoms with Crippen LogP contribution >= 0.6 is 15.9 Å². The molecule has 16 heavy (non-hydrogen) atoms. The van der Waals surface area contributed by atoms with Crippen LogP contribution in [0.5, 0.6) is 5.88 Å². The molecule has 1 aromatic heterocycles. The second-order valence-corrected chi connectivity index (χ2v) is 3.40. The minimum absolute atomic E-state index is 0.0304. The Balaban J connectivity index is 3.17. The summed E-state index contributed by atoms with van der Waals surface area (Å²) < 4.78 is 39.3. The summed E-state index contributed by atoms with van der Waals surface area (Å²) in [5.41, 5.74) is 5.61. The van der Waals surface area contributed by atoms with Gasteiger partial charge in [0.25, 0.3) is 0 Å². The summed E-state index contributed by atoms with van der Waals surface area (Å²) in [6.07, 6.45) is -4.83. The Morgan fingerprint density at radius 3 is 2.62 bits per heavy atom. The van der Waals surface area contributed by atoms with Crippen molar-refractivity contribution in [3.05, 3.63) is 21.8 Å².